The van der Waals surface area contributed by atoms with Crippen LogP contribution in [0.5, 0.6) is 0 Å². The Bertz CT molecular complexity index is 547. The van der Waals surface area contributed by atoms with E-state index in [9.17, 15) is 4.79 Å². The van der Waals surface area contributed by atoms with E-state index in [1.54, 1.807) is 6.20 Å². The summed E-state index contributed by atoms with van der Waals surface area (Å²) in [6, 6.07) is 11.7. The maximum Gasteiger partial charge on any atom is 0.251 e. The van der Waals surface area contributed by atoms with Crippen molar-refractivity contribution < 1.29 is 4.79 Å². The standard InChI is InChI=1S/C17H20N2O/c1-13(2)15-5-7-16(8-6-15)17(20)19-11-9-14-4-3-10-18-12-14/h3-8,10,12-13H,9,11H2,1-2H3,(H,19,20). The fourth-order valence-electron chi connectivity index (χ4n) is 1.99. The van der Waals surface area contributed by atoms with Gasteiger partial charge >= 0.3 is 0 Å². The lowest BCUT2D eigenvalue weighted by atomic mass is 10.0. The van der Waals surface area contributed by atoms with Gasteiger partial charge in [0.2, 0.25) is 0 Å². The molecule has 3 heteroatoms. The molecular weight excluding hydrogens is 248 g/mol. The fraction of sp³-hybridized carbons (Fsp3) is 0.294. The van der Waals surface area contributed by atoms with E-state index in [0.717, 1.165) is 12.0 Å². The average molecular weight is 268 g/mol. The Labute approximate surface area is 120 Å². The van der Waals surface area contributed by atoms with Crippen LogP contribution in [0.3, 0.4) is 0 Å². The summed E-state index contributed by atoms with van der Waals surface area (Å²) in [7, 11) is 0. The summed E-state index contributed by atoms with van der Waals surface area (Å²) in [6.07, 6.45) is 4.37. The molecule has 0 atom stereocenters. The zero-order valence-electron chi connectivity index (χ0n) is 12.0. The third kappa shape index (κ3) is 3.92. The largest absolute Gasteiger partial charge is 0.352 e. The highest BCUT2D eigenvalue weighted by molar-refractivity contribution is 5.94. The van der Waals surface area contributed by atoms with Crippen molar-refractivity contribution in [1.82, 2.24) is 10.3 Å². The van der Waals surface area contributed by atoms with Crippen molar-refractivity contribution in [1.29, 1.82) is 0 Å². The first-order valence-corrected chi connectivity index (χ1v) is 6.94. The molecule has 0 aliphatic rings. The van der Waals surface area contributed by atoms with Gasteiger partial charge in [0.1, 0.15) is 0 Å². The molecule has 0 aliphatic carbocycles. The summed E-state index contributed by atoms with van der Waals surface area (Å²) in [5.74, 6) is 0.460. The summed E-state index contributed by atoms with van der Waals surface area (Å²) in [5.41, 5.74) is 3.08. The topological polar surface area (TPSA) is 42.0 Å². The van der Waals surface area contributed by atoms with Crippen LogP contribution in [0.25, 0.3) is 0 Å². The summed E-state index contributed by atoms with van der Waals surface area (Å²) in [5, 5.41) is 2.93. The van der Waals surface area contributed by atoms with Gasteiger partial charge in [-0.1, -0.05) is 32.0 Å². The van der Waals surface area contributed by atoms with Crippen molar-refractivity contribution in [3.63, 3.8) is 0 Å². The molecule has 1 aromatic carbocycles. The molecule has 2 rings (SSSR count). The van der Waals surface area contributed by atoms with Gasteiger partial charge in [0.15, 0.2) is 0 Å². The van der Waals surface area contributed by atoms with E-state index in [1.807, 2.05) is 42.6 Å². The van der Waals surface area contributed by atoms with E-state index in [2.05, 4.69) is 24.1 Å². The van der Waals surface area contributed by atoms with E-state index in [4.69, 9.17) is 0 Å². The van der Waals surface area contributed by atoms with Crippen LogP contribution >= 0.6 is 0 Å². The van der Waals surface area contributed by atoms with Crippen LogP contribution in [-0.2, 0) is 6.42 Å². The number of nitrogens with zero attached hydrogens (tertiary/aromatic N) is 1. The maximum atomic E-state index is 12.0. The first kappa shape index (κ1) is 14.3. The lowest BCUT2D eigenvalue weighted by molar-refractivity contribution is 0.0954. The second-order valence-electron chi connectivity index (χ2n) is 5.14. The molecule has 1 aromatic heterocycles. The van der Waals surface area contributed by atoms with Crippen molar-refractivity contribution in [2.45, 2.75) is 26.2 Å². The van der Waals surface area contributed by atoms with Gasteiger partial charge in [-0.25, -0.2) is 0 Å². The highest BCUT2D eigenvalue weighted by Crippen LogP contribution is 2.14. The van der Waals surface area contributed by atoms with Crippen LogP contribution in [0, 0.1) is 0 Å². The molecule has 0 saturated carbocycles. The Balaban J connectivity index is 1.85. The molecule has 20 heavy (non-hydrogen) atoms. The minimum atomic E-state index is -0.0239. The predicted molar refractivity (Wildman–Crippen MR) is 80.8 cm³/mol. The van der Waals surface area contributed by atoms with E-state index in [0.29, 0.717) is 18.0 Å². The van der Waals surface area contributed by atoms with Crippen molar-refractivity contribution in [2.24, 2.45) is 0 Å². The molecular formula is C17H20N2O. The first-order chi connectivity index (χ1) is 9.66. The molecule has 3 nitrogen and oxygen atoms in total. The quantitative estimate of drug-likeness (QED) is 0.905. The number of amides is 1. The van der Waals surface area contributed by atoms with Gasteiger partial charge in [0.25, 0.3) is 5.91 Å². The SMILES string of the molecule is CC(C)c1ccc(C(=O)NCCc2cccnc2)cc1. The van der Waals surface area contributed by atoms with Gasteiger partial charge in [-0.3, -0.25) is 9.78 Å². The third-order valence-electron chi connectivity index (χ3n) is 3.26. The Hall–Kier alpha value is -2.16. The van der Waals surface area contributed by atoms with Crippen molar-refractivity contribution in [3.05, 3.63) is 65.5 Å². The maximum absolute atomic E-state index is 12.0. The van der Waals surface area contributed by atoms with Crippen LogP contribution in [0.4, 0.5) is 0 Å². The second-order valence-corrected chi connectivity index (χ2v) is 5.14. The van der Waals surface area contributed by atoms with Gasteiger partial charge in [-0.05, 0) is 41.7 Å². The summed E-state index contributed by atoms with van der Waals surface area (Å²) < 4.78 is 0. The molecule has 1 amide bonds. The number of carbonyl (C=O) groups is 1. The van der Waals surface area contributed by atoms with E-state index in [-0.39, 0.29) is 5.91 Å². The van der Waals surface area contributed by atoms with Gasteiger partial charge in [0, 0.05) is 24.5 Å². The Kier molecular flexibility index (Phi) is 4.88. The number of aromatic nitrogens is 1. The molecule has 0 bridgehead atoms. The van der Waals surface area contributed by atoms with Crippen molar-refractivity contribution >= 4 is 5.91 Å². The summed E-state index contributed by atoms with van der Waals surface area (Å²) >= 11 is 0. The Morgan fingerprint density at radius 2 is 1.95 bits per heavy atom. The highest BCUT2D eigenvalue weighted by atomic mass is 16.1. The number of nitrogens with one attached hydrogen (secondary N) is 1. The fourth-order valence-corrected chi connectivity index (χ4v) is 1.99. The molecule has 0 spiro atoms. The Morgan fingerprint density at radius 1 is 1.20 bits per heavy atom. The van der Waals surface area contributed by atoms with Crippen LogP contribution in [-0.4, -0.2) is 17.4 Å². The molecule has 104 valence electrons. The van der Waals surface area contributed by atoms with E-state index in [1.165, 1.54) is 5.56 Å². The minimum absolute atomic E-state index is 0.0239. The van der Waals surface area contributed by atoms with Crippen LogP contribution < -0.4 is 5.32 Å². The monoisotopic (exact) mass is 268 g/mol. The number of hydrogen-bond donors (Lipinski definition) is 1. The molecule has 1 heterocycles. The highest BCUT2D eigenvalue weighted by Gasteiger charge is 2.06. The average Bonchev–Trinajstić information content (AvgIpc) is 2.48. The second kappa shape index (κ2) is 6.85. The minimum Gasteiger partial charge on any atom is -0.352 e. The van der Waals surface area contributed by atoms with Crippen molar-refractivity contribution in [3.8, 4) is 0 Å². The van der Waals surface area contributed by atoms with Gasteiger partial charge in [0.05, 0.1) is 0 Å². The Morgan fingerprint density at radius 3 is 2.55 bits per heavy atom. The van der Waals surface area contributed by atoms with Crippen LogP contribution in [0.2, 0.25) is 0 Å². The number of benzene rings is 1. The van der Waals surface area contributed by atoms with Gasteiger partial charge in [-0.2, -0.15) is 0 Å². The molecule has 0 radical (unpaired) electrons. The van der Waals surface area contributed by atoms with E-state index < -0.39 is 0 Å². The molecule has 0 unspecified atom stereocenters. The first-order valence-electron chi connectivity index (χ1n) is 6.94. The molecule has 0 saturated heterocycles. The van der Waals surface area contributed by atoms with Crippen molar-refractivity contribution in [2.75, 3.05) is 6.54 Å². The van der Waals surface area contributed by atoms with E-state index >= 15 is 0 Å². The lowest BCUT2D eigenvalue weighted by Gasteiger charge is -2.08. The third-order valence-corrected chi connectivity index (χ3v) is 3.26. The smallest absolute Gasteiger partial charge is 0.251 e. The molecule has 0 aliphatic heterocycles. The normalized spacial score (nSPS) is 10.6. The number of rotatable bonds is 5. The number of carbonyl (C=O) groups excluding carboxylic acids is 1. The zero-order chi connectivity index (χ0) is 14.4. The number of hydrogen-bond acceptors (Lipinski definition) is 2. The number of pyridine rings is 1. The summed E-state index contributed by atoms with van der Waals surface area (Å²) in [6.45, 7) is 4.91. The summed E-state index contributed by atoms with van der Waals surface area (Å²) in [4.78, 5) is 16.0. The zero-order valence-corrected chi connectivity index (χ0v) is 12.0. The molecule has 1 N–H and O–H groups in total. The van der Waals surface area contributed by atoms with Crippen LogP contribution in [0.15, 0.2) is 48.8 Å². The lowest BCUT2D eigenvalue weighted by Crippen LogP contribution is -2.25. The predicted octanol–water partition coefficient (Wildman–Crippen LogP) is 3.18. The molecule has 0 fully saturated rings. The molecule has 2 aromatic rings. The van der Waals surface area contributed by atoms with Gasteiger partial charge in [-0.15, -0.1) is 0 Å². The van der Waals surface area contributed by atoms with Crippen LogP contribution in [0.1, 0.15) is 41.3 Å². The van der Waals surface area contributed by atoms with Gasteiger partial charge < -0.3 is 5.32 Å².